The molecule has 0 aliphatic carbocycles. The highest BCUT2D eigenvalue weighted by Crippen LogP contribution is 2.25. The van der Waals surface area contributed by atoms with Gasteiger partial charge in [-0.3, -0.25) is 10.1 Å². The highest BCUT2D eigenvalue weighted by molar-refractivity contribution is 6.35. The van der Waals surface area contributed by atoms with E-state index in [0.717, 1.165) is 6.21 Å². The molecule has 2 rings (SSSR count). The lowest BCUT2D eigenvalue weighted by atomic mass is 10.1. The lowest BCUT2D eigenvalue weighted by molar-refractivity contribution is 0.0727. The van der Waals surface area contributed by atoms with Crippen LogP contribution in [0.2, 0.25) is 0 Å². The fourth-order valence-corrected chi connectivity index (χ4v) is 2.04. The molecule has 1 amide bonds. The van der Waals surface area contributed by atoms with Crippen LogP contribution in [0.1, 0.15) is 28.9 Å². The molecule has 0 bridgehead atoms. The average molecular weight is 344 g/mol. The topological polar surface area (TPSA) is 77.0 Å². The summed E-state index contributed by atoms with van der Waals surface area (Å²) >= 11 is 0. The first kappa shape index (κ1) is 18.1. The second kappa shape index (κ2) is 8.58. The van der Waals surface area contributed by atoms with Crippen molar-refractivity contribution in [1.29, 1.82) is 0 Å². The van der Waals surface area contributed by atoms with E-state index in [1.165, 1.54) is 31.4 Å². The van der Waals surface area contributed by atoms with Gasteiger partial charge in [-0.1, -0.05) is 23.4 Å². The molecule has 25 heavy (non-hydrogen) atoms. The summed E-state index contributed by atoms with van der Waals surface area (Å²) in [6.07, 6.45) is -0.111. The molecular formula is C18H17FN2O4. The van der Waals surface area contributed by atoms with Crippen molar-refractivity contribution in [3.8, 4) is 0 Å². The normalized spacial score (nSPS) is 11.8. The lowest BCUT2D eigenvalue weighted by Gasteiger charge is -2.14. The molecule has 0 heterocycles. The summed E-state index contributed by atoms with van der Waals surface area (Å²) in [6, 6.07) is 12.1. The predicted octanol–water partition coefficient (Wildman–Crippen LogP) is 3.95. The Morgan fingerprint density at radius 2 is 1.84 bits per heavy atom. The Labute approximate surface area is 144 Å². The van der Waals surface area contributed by atoms with Crippen LogP contribution in [-0.4, -0.2) is 25.2 Å². The minimum absolute atomic E-state index is 0.300. The Morgan fingerprint density at radius 1 is 1.16 bits per heavy atom. The molecule has 0 aliphatic rings. The zero-order valence-corrected chi connectivity index (χ0v) is 13.7. The summed E-state index contributed by atoms with van der Waals surface area (Å²) in [5.74, 6) is -0.832. The summed E-state index contributed by atoms with van der Waals surface area (Å²) in [5, 5.41) is 6.25. The number of ether oxygens (including phenoxy) is 1. The minimum atomic E-state index is -0.602. The molecule has 1 unspecified atom stereocenters. The number of carbonyl (C=O) groups is 2. The summed E-state index contributed by atoms with van der Waals surface area (Å²) in [5.41, 5.74) is 1.48. The molecule has 0 radical (unpaired) electrons. The molecule has 0 aliphatic heterocycles. The Balaban J connectivity index is 2.02. The van der Waals surface area contributed by atoms with Crippen molar-refractivity contribution >= 4 is 23.8 Å². The maximum atomic E-state index is 12.8. The third-order valence-electron chi connectivity index (χ3n) is 3.34. The number of rotatable bonds is 6. The number of amides is 1. The fraction of sp³-hybridized carbons (Fsp3) is 0.167. The second-order valence-electron chi connectivity index (χ2n) is 5.06. The van der Waals surface area contributed by atoms with Crippen LogP contribution < -0.4 is 5.32 Å². The van der Waals surface area contributed by atoms with E-state index in [1.54, 1.807) is 31.2 Å². The maximum absolute atomic E-state index is 12.8. The van der Waals surface area contributed by atoms with E-state index >= 15 is 0 Å². The largest absolute Gasteiger partial charge is 0.453 e. The highest BCUT2D eigenvalue weighted by Gasteiger charge is 2.13. The third kappa shape index (κ3) is 5.13. The van der Waals surface area contributed by atoms with E-state index in [9.17, 15) is 14.0 Å². The first-order valence-corrected chi connectivity index (χ1v) is 7.44. The van der Waals surface area contributed by atoms with Crippen molar-refractivity contribution in [1.82, 2.24) is 0 Å². The minimum Gasteiger partial charge on any atom is -0.453 e. The predicted molar refractivity (Wildman–Crippen MR) is 91.2 cm³/mol. The number of methoxy groups -OCH3 is 1. The second-order valence-corrected chi connectivity index (χ2v) is 5.06. The highest BCUT2D eigenvalue weighted by atomic mass is 19.1. The van der Waals surface area contributed by atoms with E-state index < -0.39 is 23.8 Å². The van der Waals surface area contributed by atoms with Crippen LogP contribution in [0.5, 0.6) is 0 Å². The summed E-state index contributed by atoms with van der Waals surface area (Å²) in [4.78, 5) is 28.5. The lowest BCUT2D eigenvalue weighted by Crippen LogP contribution is -2.13. The van der Waals surface area contributed by atoms with Crippen molar-refractivity contribution in [3.63, 3.8) is 0 Å². The number of oxime groups is 1. The van der Waals surface area contributed by atoms with Crippen molar-refractivity contribution in [2.75, 3.05) is 12.4 Å². The molecular weight excluding hydrogens is 327 g/mol. The van der Waals surface area contributed by atoms with Crippen LogP contribution >= 0.6 is 0 Å². The summed E-state index contributed by atoms with van der Waals surface area (Å²) < 4.78 is 17.4. The molecule has 6 nitrogen and oxygen atoms in total. The summed E-state index contributed by atoms with van der Waals surface area (Å²) in [6.45, 7) is 1.72. The van der Waals surface area contributed by atoms with Crippen LogP contribution in [-0.2, 0) is 9.57 Å². The number of carbonyl (C=O) groups excluding carboxylic acids is 2. The van der Waals surface area contributed by atoms with E-state index in [1.807, 2.05) is 0 Å². The Hall–Kier alpha value is -3.22. The van der Waals surface area contributed by atoms with Gasteiger partial charge in [0.1, 0.15) is 12.0 Å². The number of halogens is 1. The van der Waals surface area contributed by atoms with Crippen LogP contribution in [0.3, 0.4) is 0 Å². The fourth-order valence-electron chi connectivity index (χ4n) is 2.04. The van der Waals surface area contributed by atoms with E-state index in [4.69, 9.17) is 4.84 Å². The SMILES string of the molecule is COC(=O)Nc1ccccc1C(C)O/N=C/C(=O)c1ccc(F)cc1. The van der Waals surface area contributed by atoms with Crippen molar-refractivity contribution in [3.05, 3.63) is 65.5 Å². The van der Waals surface area contributed by atoms with E-state index in [2.05, 4.69) is 15.2 Å². The molecule has 0 saturated carbocycles. The quantitative estimate of drug-likeness (QED) is 0.489. The van der Waals surface area contributed by atoms with Crippen LogP contribution in [0.15, 0.2) is 53.7 Å². The van der Waals surface area contributed by atoms with Gasteiger partial charge < -0.3 is 9.57 Å². The van der Waals surface area contributed by atoms with Gasteiger partial charge >= 0.3 is 6.09 Å². The van der Waals surface area contributed by atoms with E-state index in [0.29, 0.717) is 16.8 Å². The molecule has 1 atom stereocenters. The van der Waals surface area contributed by atoms with Gasteiger partial charge in [-0.25, -0.2) is 9.18 Å². The van der Waals surface area contributed by atoms with Gasteiger partial charge in [0.05, 0.1) is 12.8 Å². The standard InChI is InChI=1S/C18H17FN2O4/c1-12(15-5-3-4-6-16(15)21-18(23)24-2)25-20-11-17(22)13-7-9-14(19)10-8-13/h3-12H,1-2H3,(H,21,23)/b20-11+. The molecule has 2 aromatic carbocycles. The van der Waals surface area contributed by atoms with Gasteiger partial charge in [0.15, 0.2) is 6.10 Å². The van der Waals surface area contributed by atoms with Crippen molar-refractivity contribution in [2.45, 2.75) is 13.0 Å². The number of Topliss-reactive ketones (excluding diaryl/α,β-unsaturated/α-hetero) is 1. The third-order valence-corrected chi connectivity index (χ3v) is 3.34. The first-order chi connectivity index (χ1) is 12.0. The number of hydrogen-bond donors (Lipinski definition) is 1. The summed E-state index contributed by atoms with van der Waals surface area (Å²) in [7, 11) is 1.27. The number of ketones is 1. The van der Waals surface area contributed by atoms with E-state index in [-0.39, 0.29) is 0 Å². The molecule has 0 aromatic heterocycles. The molecule has 0 fully saturated rings. The maximum Gasteiger partial charge on any atom is 0.411 e. The van der Waals surface area contributed by atoms with Gasteiger partial charge in [0, 0.05) is 11.1 Å². The first-order valence-electron chi connectivity index (χ1n) is 7.44. The van der Waals surface area contributed by atoms with Crippen molar-refractivity contribution < 1.29 is 23.6 Å². The molecule has 0 saturated heterocycles. The monoisotopic (exact) mass is 344 g/mol. The van der Waals surface area contributed by atoms with Gasteiger partial charge in [-0.05, 0) is 37.3 Å². The number of para-hydroxylation sites is 1. The molecule has 1 N–H and O–H groups in total. The number of nitrogens with zero attached hydrogens (tertiary/aromatic N) is 1. The van der Waals surface area contributed by atoms with Gasteiger partial charge in [-0.15, -0.1) is 0 Å². The molecule has 0 spiro atoms. The average Bonchev–Trinajstić information content (AvgIpc) is 2.62. The zero-order valence-electron chi connectivity index (χ0n) is 13.7. The van der Waals surface area contributed by atoms with Gasteiger partial charge in [-0.2, -0.15) is 0 Å². The Morgan fingerprint density at radius 3 is 2.52 bits per heavy atom. The molecule has 130 valence electrons. The number of anilines is 1. The smallest absolute Gasteiger partial charge is 0.411 e. The number of hydrogen-bond acceptors (Lipinski definition) is 5. The van der Waals surface area contributed by atoms with Crippen LogP contribution in [0, 0.1) is 5.82 Å². The molecule has 2 aromatic rings. The van der Waals surface area contributed by atoms with Crippen molar-refractivity contribution in [2.24, 2.45) is 5.16 Å². The Kier molecular flexibility index (Phi) is 6.22. The Bertz CT molecular complexity index is 775. The van der Waals surface area contributed by atoms with Crippen LogP contribution in [0.4, 0.5) is 14.9 Å². The number of benzene rings is 2. The van der Waals surface area contributed by atoms with Crippen LogP contribution in [0.25, 0.3) is 0 Å². The van der Waals surface area contributed by atoms with Gasteiger partial charge in [0.2, 0.25) is 5.78 Å². The van der Waals surface area contributed by atoms with Gasteiger partial charge in [0.25, 0.3) is 0 Å². The number of nitrogens with one attached hydrogen (secondary N) is 1. The zero-order chi connectivity index (χ0) is 18.2. The molecule has 7 heteroatoms.